The second-order valence-corrected chi connectivity index (χ2v) is 11.4. The summed E-state index contributed by atoms with van der Waals surface area (Å²) in [5.41, 5.74) is 3.90. The first-order chi connectivity index (χ1) is 16.7. The molecule has 5 rings (SSSR count). The highest BCUT2D eigenvalue weighted by Gasteiger charge is 2.51. The third kappa shape index (κ3) is 4.28. The summed E-state index contributed by atoms with van der Waals surface area (Å²) in [6.07, 6.45) is 1.55. The van der Waals surface area contributed by atoms with Crippen molar-refractivity contribution in [3.63, 3.8) is 0 Å². The zero-order valence-corrected chi connectivity index (χ0v) is 20.8. The van der Waals surface area contributed by atoms with E-state index in [1.807, 2.05) is 43.3 Å². The van der Waals surface area contributed by atoms with Gasteiger partial charge in [0, 0.05) is 19.8 Å². The fraction of sp³-hybridized carbons (Fsp3) is 0.296. The van der Waals surface area contributed by atoms with Crippen LogP contribution >= 0.6 is 0 Å². The first-order valence-corrected chi connectivity index (χ1v) is 13.0. The molecule has 3 aromatic rings. The van der Waals surface area contributed by atoms with Crippen LogP contribution in [0.2, 0.25) is 0 Å². The van der Waals surface area contributed by atoms with E-state index in [-0.39, 0.29) is 10.8 Å². The Labute approximate surface area is 205 Å². The van der Waals surface area contributed by atoms with Crippen molar-refractivity contribution in [1.82, 2.24) is 4.31 Å². The molecule has 0 saturated heterocycles. The molecule has 1 aliphatic heterocycles. The van der Waals surface area contributed by atoms with E-state index in [0.717, 1.165) is 35.1 Å². The highest BCUT2D eigenvalue weighted by molar-refractivity contribution is 7.89. The largest absolute Gasteiger partial charge is 0.486 e. The molecule has 1 heterocycles. The molecule has 0 unspecified atom stereocenters. The molecule has 1 saturated carbocycles. The molecule has 1 fully saturated rings. The fourth-order valence-electron chi connectivity index (χ4n) is 4.39. The van der Waals surface area contributed by atoms with Gasteiger partial charge in [-0.1, -0.05) is 24.3 Å². The highest BCUT2D eigenvalue weighted by atomic mass is 32.2. The maximum atomic E-state index is 13.4. The van der Waals surface area contributed by atoms with Crippen molar-refractivity contribution in [2.75, 3.05) is 32.6 Å². The molecule has 1 amide bonds. The predicted octanol–water partition coefficient (Wildman–Crippen LogP) is 4.35. The Hall–Kier alpha value is -3.36. The molecule has 1 N–H and O–H groups in total. The van der Waals surface area contributed by atoms with Crippen LogP contribution in [0.3, 0.4) is 0 Å². The lowest BCUT2D eigenvalue weighted by molar-refractivity contribution is -0.118. The number of rotatable bonds is 6. The van der Waals surface area contributed by atoms with Gasteiger partial charge in [0.2, 0.25) is 15.9 Å². The minimum Gasteiger partial charge on any atom is -0.486 e. The van der Waals surface area contributed by atoms with Crippen molar-refractivity contribution in [2.45, 2.75) is 30.1 Å². The number of nitrogens with one attached hydrogen (secondary N) is 1. The Balaban J connectivity index is 1.38. The van der Waals surface area contributed by atoms with Gasteiger partial charge in [0.25, 0.3) is 0 Å². The summed E-state index contributed by atoms with van der Waals surface area (Å²) in [6.45, 7) is 3.02. The van der Waals surface area contributed by atoms with Crippen molar-refractivity contribution in [3.8, 4) is 22.6 Å². The number of amides is 1. The number of carbonyl (C=O) groups excluding carboxylic acids is 1. The summed E-state index contributed by atoms with van der Waals surface area (Å²) in [7, 11) is -0.470. The molecular formula is C27H28N2O5S. The Bertz CT molecular complexity index is 1390. The van der Waals surface area contributed by atoms with Crippen LogP contribution in [0.15, 0.2) is 65.6 Å². The van der Waals surface area contributed by atoms with Gasteiger partial charge < -0.3 is 14.8 Å². The van der Waals surface area contributed by atoms with Crippen molar-refractivity contribution in [1.29, 1.82) is 0 Å². The molecule has 35 heavy (non-hydrogen) atoms. The molecule has 0 aromatic heterocycles. The van der Waals surface area contributed by atoms with E-state index in [1.165, 1.54) is 18.4 Å². The van der Waals surface area contributed by atoms with Crippen LogP contribution < -0.4 is 14.8 Å². The topological polar surface area (TPSA) is 84.9 Å². The Morgan fingerprint density at radius 1 is 0.914 bits per heavy atom. The van der Waals surface area contributed by atoms with Crippen molar-refractivity contribution >= 4 is 21.6 Å². The van der Waals surface area contributed by atoms with Gasteiger partial charge in [-0.15, -0.1) is 0 Å². The summed E-state index contributed by atoms with van der Waals surface area (Å²) in [5, 5.41) is 3.10. The van der Waals surface area contributed by atoms with Crippen molar-refractivity contribution in [3.05, 3.63) is 71.8 Å². The van der Waals surface area contributed by atoms with Gasteiger partial charge in [0.15, 0.2) is 11.5 Å². The molecular weight excluding hydrogens is 464 g/mol. The average Bonchev–Trinajstić information content (AvgIpc) is 3.67. The molecule has 0 atom stereocenters. The summed E-state index contributed by atoms with van der Waals surface area (Å²) in [5.74, 6) is 1.35. The van der Waals surface area contributed by atoms with E-state index in [2.05, 4.69) is 5.32 Å². The number of ether oxygens (including phenoxy) is 2. The third-order valence-corrected chi connectivity index (χ3v) is 8.55. The van der Waals surface area contributed by atoms with Gasteiger partial charge in [0.05, 0.1) is 10.3 Å². The average molecular weight is 493 g/mol. The number of carbonyl (C=O) groups is 1. The molecule has 0 spiro atoms. The second-order valence-electron chi connectivity index (χ2n) is 9.24. The Morgan fingerprint density at radius 3 is 2.26 bits per heavy atom. The minimum absolute atomic E-state index is 0.0450. The van der Waals surface area contributed by atoms with E-state index >= 15 is 0 Å². The maximum Gasteiger partial charge on any atom is 0.242 e. The summed E-state index contributed by atoms with van der Waals surface area (Å²) >= 11 is 0. The smallest absolute Gasteiger partial charge is 0.242 e. The van der Waals surface area contributed by atoms with Gasteiger partial charge in [-0.25, -0.2) is 12.7 Å². The lowest BCUT2D eigenvalue weighted by atomic mass is 9.94. The van der Waals surface area contributed by atoms with Crippen LogP contribution in [0.1, 0.15) is 24.0 Å². The van der Waals surface area contributed by atoms with Crippen LogP contribution in [-0.2, 0) is 20.2 Å². The number of benzene rings is 3. The van der Waals surface area contributed by atoms with Crippen LogP contribution in [0.25, 0.3) is 11.1 Å². The van der Waals surface area contributed by atoms with Gasteiger partial charge >= 0.3 is 0 Å². The van der Waals surface area contributed by atoms with Crippen LogP contribution in [-0.4, -0.2) is 45.9 Å². The lowest BCUT2D eigenvalue weighted by Gasteiger charge is -2.22. The number of sulfonamides is 1. The molecule has 1 aliphatic carbocycles. The van der Waals surface area contributed by atoms with Crippen LogP contribution in [0.4, 0.5) is 5.69 Å². The molecule has 0 radical (unpaired) electrons. The lowest BCUT2D eigenvalue weighted by Crippen LogP contribution is -2.28. The maximum absolute atomic E-state index is 13.4. The fourth-order valence-corrected chi connectivity index (χ4v) is 5.29. The van der Waals surface area contributed by atoms with Crippen LogP contribution in [0, 0.1) is 6.92 Å². The molecule has 3 aromatic carbocycles. The van der Waals surface area contributed by atoms with E-state index in [1.54, 1.807) is 24.3 Å². The molecule has 8 heteroatoms. The van der Waals surface area contributed by atoms with Gasteiger partial charge in [-0.2, -0.15) is 0 Å². The first kappa shape index (κ1) is 23.4. The summed E-state index contributed by atoms with van der Waals surface area (Å²) in [6, 6.07) is 18.3. The minimum atomic E-state index is -3.49. The predicted molar refractivity (Wildman–Crippen MR) is 134 cm³/mol. The summed E-state index contributed by atoms with van der Waals surface area (Å²) in [4.78, 5) is 13.6. The number of fused-ring (bicyclic) bond motifs is 1. The zero-order valence-electron chi connectivity index (χ0n) is 20.0. The number of hydrogen-bond donors (Lipinski definition) is 1. The molecule has 7 nitrogen and oxygen atoms in total. The first-order valence-electron chi connectivity index (χ1n) is 11.6. The molecule has 182 valence electrons. The van der Waals surface area contributed by atoms with Crippen LogP contribution in [0.5, 0.6) is 11.5 Å². The Kier molecular flexibility index (Phi) is 5.81. The number of hydrogen-bond acceptors (Lipinski definition) is 5. The summed E-state index contributed by atoms with van der Waals surface area (Å²) < 4.78 is 37.3. The normalized spacial score (nSPS) is 16.1. The monoisotopic (exact) mass is 492 g/mol. The molecule has 0 bridgehead atoms. The van der Waals surface area contributed by atoms with Crippen molar-refractivity contribution < 1.29 is 22.7 Å². The van der Waals surface area contributed by atoms with E-state index < -0.39 is 15.4 Å². The Morgan fingerprint density at radius 2 is 1.60 bits per heavy atom. The van der Waals surface area contributed by atoms with Gasteiger partial charge in [-0.05, 0) is 78.4 Å². The highest BCUT2D eigenvalue weighted by Crippen LogP contribution is 2.51. The number of aryl methyl sites for hydroxylation is 1. The zero-order chi connectivity index (χ0) is 24.8. The SMILES string of the molecule is Cc1ccc(NC(=O)C2(c3ccc4c(c3)OCCO4)CC2)cc1-c1ccc(S(=O)(=O)N(C)C)cc1. The number of anilines is 1. The van der Waals surface area contributed by atoms with Gasteiger partial charge in [-0.3, -0.25) is 4.79 Å². The number of nitrogens with zero attached hydrogens (tertiary/aromatic N) is 1. The van der Waals surface area contributed by atoms with Gasteiger partial charge in [0.1, 0.15) is 13.2 Å². The van der Waals surface area contributed by atoms with Crippen molar-refractivity contribution in [2.24, 2.45) is 0 Å². The third-order valence-electron chi connectivity index (χ3n) is 6.72. The van der Waals surface area contributed by atoms with E-state index in [0.29, 0.717) is 30.4 Å². The quantitative estimate of drug-likeness (QED) is 0.553. The van der Waals surface area contributed by atoms with E-state index in [9.17, 15) is 13.2 Å². The standard InChI is InChI=1S/C27H28N2O5S/c1-18-4-8-21(17-23(18)19-5-9-22(10-6-19)35(31,32)29(2)3)28-26(30)27(12-13-27)20-7-11-24-25(16-20)34-15-14-33-24/h4-11,16-17H,12-15H2,1-3H3,(H,28,30). The van der Waals surface area contributed by atoms with E-state index in [4.69, 9.17) is 9.47 Å². The molecule has 2 aliphatic rings. The second kappa shape index (κ2) is 8.70.